The van der Waals surface area contributed by atoms with Gasteiger partial charge in [0.15, 0.2) is 0 Å². The highest BCUT2D eigenvalue weighted by atomic mass is 16.3. The predicted octanol–water partition coefficient (Wildman–Crippen LogP) is 0.701. The van der Waals surface area contributed by atoms with Crippen LogP contribution >= 0.6 is 0 Å². The summed E-state index contributed by atoms with van der Waals surface area (Å²) < 4.78 is 6.05. The van der Waals surface area contributed by atoms with Crippen LogP contribution in [-0.4, -0.2) is 30.9 Å². The molecule has 0 atom stereocenters. The molecule has 0 bridgehead atoms. The fourth-order valence-corrected chi connectivity index (χ4v) is 2.49. The Morgan fingerprint density at radius 1 is 1.19 bits per heavy atom. The summed E-state index contributed by atoms with van der Waals surface area (Å²) >= 11 is 0. The van der Waals surface area contributed by atoms with Crippen molar-refractivity contribution < 1.29 is 9.21 Å². The largest absolute Gasteiger partial charge is 0.467 e. The molecule has 3 N–H and O–H groups in total. The summed E-state index contributed by atoms with van der Waals surface area (Å²) in [6.45, 7) is -0.0762. The number of anilines is 1. The average molecular weight is 352 g/mol. The molecule has 3 aromatic heterocycles. The maximum atomic E-state index is 12.5. The van der Waals surface area contributed by atoms with E-state index >= 15 is 0 Å². The van der Waals surface area contributed by atoms with Gasteiger partial charge in [0.2, 0.25) is 0 Å². The van der Waals surface area contributed by atoms with E-state index in [4.69, 9.17) is 4.42 Å². The van der Waals surface area contributed by atoms with Crippen molar-refractivity contribution in [3.8, 4) is 0 Å². The highest BCUT2D eigenvalue weighted by Crippen LogP contribution is 2.15. The van der Waals surface area contributed by atoms with Crippen molar-refractivity contribution in [2.45, 2.75) is 6.54 Å². The van der Waals surface area contributed by atoms with E-state index in [9.17, 15) is 14.4 Å². The maximum absolute atomic E-state index is 12.5. The van der Waals surface area contributed by atoms with Gasteiger partial charge in [-0.25, -0.2) is 4.79 Å². The van der Waals surface area contributed by atoms with Crippen LogP contribution in [0.5, 0.6) is 0 Å². The first-order valence-corrected chi connectivity index (χ1v) is 7.58. The van der Waals surface area contributed by atoms with Crippen LogP contribution < -0.4 is 16.6 Å². The van der Waals surface area contributed by atoms with Crippen LogP contribution in [0.15, 0.2) is 56.8 Å². The first-order chi connectivity index (χ1) is 12.6. The Hall–Kier alpha value is -3.95. The van der Waals surface area contributed by atoms with Gasteiger partial charge < -0.3 is 14.7 Å². The summed E-state index contributed by atoms with van der Waals surface area (Å²) in [4.78, 5) is 39.3. The van der Waals surface area contributed by atoms with Crippen LogP contribution in [-0.2, 0) is 6.54 Å². The van der Waals surface area contributed by atoms with Crippen molar-refractivity contribution in [1.29, 1.82) is 0 Å². The second-order valence-corrected chi connectivity index (χ2v) is 5.46. The Kier molecular flexibility index (Phi) is 3.69. The number of H-pyrrole nitrogens is 2. The van der Waals surface area contributed by atoms with Gasteiger partial charge >= 0.3 is 5.69 Å². The number of nitrogens with one attached hydrogen (secondary N) is 3. The zero-order valence-corrected chi connectivity index (χ0v) is 13.2. The number of nitrogens with zero attached hydrogens (tertiary/aromatic N) is 3. The first-order valence-electron chi connectivity index (χ1n) is 7.58. The Balaban J connectivity index is 1.65. The first kappa shape index (κ1) is 15.6. The summed E-state index contributed by atoms with van der Waals surface area (Å²) in [5.74, 6) is -0.228. The second-order valence-electron chi connectivity index (χ2n) is 5.46. The van der Waals surface area contributed by atoms with Gasteiger partial charge in [0.1, 0.15) is 22.4 Å². The number of fused-ring (bicyclic) bond motifs is 1. The summed E-state index contributed by atoms with van der Waals surface area (Å²) in [5, 5.41) is 12.9. The molecule has 0 fully saturated rings. The number of hydrogen-bond acceptors (Lipinski definition) is 6. The number of carbonyl (C=O) groups is 1. The fraction of sp³-hybridized carbons (Fsp3) is 0.0625. The molecule has 130 valence electrons. The van der Waals surface area contributed by atoms with Gasteiger partial charge in [-0.2, -0.15) is 15.4 Å². The molecule has 0 unspecified atom stereocenters. The molecule has 0 radical (unpaired) electrons. The van der Waals surface area contributed by atoms with E-state index in [0.717, 1.165) is 10.8 Å². The second kappa shape index (κ2) is 6.16. The maximum Gasteiger partial charge on any atom is 0.328 e. The standard InChI is InChI=1S/C16H12N6O4/c23-14(18-9-3-4-12-13(6-9)20-21-19-12)11-7-17-16(25)22(15(11)24)8-10-2-1-5-26-10/h1-7H,8H2,(H,17,25)(H,18,23)(H,19,20,21). The van der Waals surface area contributed by atoms with E-state index in [1.54, 1.807) is 30.3 Å². The Morgan fingerprint density at radius 3 is 2.85 bits per heavy atom. The summed E-state index contributed by atoms with van der Waals surface area (Å²) in [6.07, 6.45) is 2.53. The van der Waals surface area contributed by atoms with Crippen LogP contribution in [0.4, 0.5) is 5.69 Å². The minimum absolute atomic E-state index is 0.0762. The third kappa shape index (κ3) is 2.79. The molecule has 1 aromatic carbocycles. The normalized spacial score (nSPS) is 10.9. The number of amides is 1. The van der Waals surface area contributed by atoms with Crippen molar-refractivity contribution in [2.75, 3.05) is 5.32 Å². The van der Waals surface area contributed by atoms with Gasteiger partial charge in [-0.15, -0.1) is 0 Å². The molecule has 0 spiro atoms. The van der Waals surface area contributed by atoms with Gasteiger partial charge in [0.05, 0.1) is 12.8 Å². The van der Waals surface area contributed by atoms with Crippen molar-refractivity contribution in [3.05, 3.63) is 75.0 Å². The highest BCUT2D eigenvalue weighted by molar-refractivity contribution is 6.04. The van der Waals surface area contributed by atoms with Crippen molar-refractivity contribution in [1.82, 2.24) is 25.0 Å². The third-order valence-corrected chi connectivity index (χ3v) is 3.77. The van der Waals surface area contributed by atoms with E-state index in [0.29, 0.717) is 22.5 Å². The number of aromatic nitrogens is 5. The van der Waals surface area contributed by atoms with Gasteiger partial charge in [-0.05, 0) is 30.3 Å². The molecule has 0 saturated heterocycles. The van der Waals surface area contributed by atoms with Crippen LogP contribution in [0.2, 0.25) is 0 Å². The van der Waals surface area contributed by atoms with E-state index in [-0.39, 0.29) is 12.1 Å². The molecule has 4 aromatic rings. The molecule has 1 amide bonds. The monoisotopic (exact) mass is 352 g/mol. The summed E-state index contributed by atoms with van der Waals surface area (Å²) in [7, 11) is 0. The van der Waals surface area contributed by atoms with Gasteiger partial charge in [0.25, 0.3) is 11.5 Å². The molecule has 10 heteroatoms. The molecule has 3 heterocycles. The number of carbonyl (C=O) groups excluding carboxylic acids is 1. The molecular formula is C16H12N6O4. The zero-order chi connectivity index (χ0) is 18.1. The molecule has 4 rings (SSSR count). The quantitative estimate of drug-likeness (QED) is 0.494. The van der Waals surface area contributed by atoms with Crippen LogP contribution in [0.25, 0.3) is 11.0 Å². The lowest BCUT2D eigenvalue weighted by Crippen LogP contribution is -2.39. The smallest absolute Gasteiger partial charge is 0.328 e. The van der Waals surface area contributed by atoms with Crippen molar-refractivity contribution >= 4 is 22.6 Å². The van der Waals surface area contributed by atoms with E-state index < -0.39 is 17.2 Å². The van der Waals surface area contributed by atoms with E-state index in [1.165, 1.54) is 6.26 Å². The molecule has 10 nitrogen and oxygen atoms in total. The number of furan rings is 1. The fourth-order valence-electron chi connectivity index (χ4n) is 2.49. The Morgan fingerprint density at radius 2 is 2.04 bits per heavy atom. The van der Waals surface area contributed by atoms with Gasteiger partial charge in [-0.1, -0.05) is 0 Å². The molecule has 0 aliphatic carbocycles. The van der Waals surface area contributed by atoms with Crippen molar-refractivity contribution in [2.24, 2.45) is 0 Å². The lowest BCUT2D eigenvalue weighted by Gasteiger charge is -2.07. The summed E-state index contributed by atoms with van der Waals surface area (Å²) in [5.41, 5.74) is 0.112. The Bertz CT molecular complexity index is 1200. The zero-order valence-electron chi connectivity index (χ0n) is 13.2. The van der Waals surface area contributed by atoms with Gasteiger partial charge in [0, 0.05) is 11.9 Å². The van der Waals surface area contributed by atoms with Gasteiger partial charge in [-0.3, -0.25) is 14.2 Å². The van der Waals surface area contributed by atoms with Crippen LogP contribution in [0, 0.1) is 0 Å². The topological polar surface area (TPSA) is 139 Å². The molecule has 26 heavy (non-hydrogen) atoms. The highest BCUT2D eigenvalue weighted by Gasteiger charge is 2.16. The lowest BCUT2D eigenvalue weighted by atomic mass is 10.2. The lowest BCUT2D eigenvalue weighted by molar-refractivity contribution is 0.102. The Labute approximate surface area is 144 Å². The SMILES string of the molecule is O=C(Nc1ccc2n[nH]nc2c1)c1c[nH]c(=O)n(Cc2ccco2)c1=O. The van der Waals surface area contributed by atoms with Crippen LogP contribution in [0.1, 0.15) is 16.1 Å². The number of rotatable bonds is 4. The number of aromatic amines is 2. The number of hydrogen-bond donors (Lipinski definition) is 3. The minimum Gasteiger partial charge on any atom is -0.467 e. The molecule has 0 aliphatic heterocycles. The third-order valence-electron chi connectivity index (χ3n) is 3.77. The molecule has 0 saturated carbocycles. The molecular weight excluding hydrogens is 340 g/mol. The number of benzene rings is 1. The predicted molar refractivity (Wildman–Crippen MR) is 91.0 cm³/mol. The van der Waals surface area contributed by atoms with E-state index in [1.807, 2.05) is 0 Å². The van der Waals surface area contributed by atoms with Crippen molar-refractivity contribution in [3.63, 3.8) is 0 Å². The summed E-state index contributed by atoms with van der Waals surface area (Å²) in [6, 6.07) is 8.20. The average Bonchev–Trinajstić information content (AvgIpc) is 3.29. The molecule has 0 aliphatic rings. The van der Waals surface area contributed by atoms with Crippen LogP contribution in [0.3, 0.4) is 0 Å². The van der Waals surface area contributed by atoms with E-state index in [2.05, 4.69) is 25.7 Å². The minimum atomic E-state index is -0.717.